The Bertz CT molecular complexity index is 5740. The van der Waals surface area contributed by atoms with Crippen molar-refractivity contribution in [3.8, 4) is 0 Å². The van der Waals surface area contributed by atoms with Crippen molar-refractivity contribution in [2.75, 3.05) is 146 Å². The number of thiazole rings is 4. The maximum absolute atomic E-state index is 12.8. The third kappa shape index (κ3) is 42.9. The number of halogens is 10. The van der Waals surface area contributed by atoms with Crippen LogP contribution in [0.5, 0.6) is 0 Å². The van der Waals surface area contributed by atoms with Crippen molar-refractivity contribution in [3.05, 3.63) is 272 Å². The molecule has 5 aromatic carbocycles. The van der Waals surface area contributed by atoms with Crippen molar-refractivity contribution in [1.29, 1.82) is 0 Å². The van der Waals surface area contributed by atoms with Crippen LogP contribution in [0.3, 0.4) is 0 Å². The highest BCUT2D eigenvalue weighted by Crippen LogP contribution is 2.32. The van der Waals surface area contributed by atoms with Crippen LogP contribution < -0.4 is 37.2 Å². The van der Waals surface area contributed by atoms with Crippen LogP contribution in [0, 0.1) is 55.4 Å². The molecule has 10 N–H and O–H groups in total. The number of aliphatic hydroxyl groups excluding tert-OH is 3. The van der Waals surface area contributed by atoms with Crippen LogP contribution in [0.2, 0.25) is 40.6 Å². The molecule has 7 aromatic heterocycles. The number of anilines is 6. The summed E-state index contributed by atoms with van der Waals surface area (Å²) >= 11 is 62.9. The maximum Gasteiger partial charge on any atom is 0.239 e. The number of hydrogen-bond donors (Lipinski definition) is 9. The number of nitrogen functional groups attached to an aromatic ring is 1. The molecule has 2 saturated heterocycles. The highest BCUT2D eigenvalue weighted by atomic mass is 127. The summed E-state index contributed by atoms with van der Waals surface area (Å²) in [5.74, 6) is 3.03. The van der Waals surface area contributed by atoms with E-state index < -0.39 is 0 Å². The van der Waals surface area contributed by atoms with E-state index in [9.17, 15) is 24.0 Å². The highest BCUT2D eigenvalue weighted by molar-refractivity contribution is 14.0. The van der Waals surface area contributed by atoms with Gasteiger partial charge in [0, 0.05) is 170 Å². The molecule has 2 aliphatic rings. The van der Waals surface area contributed by atoms with Crippen LogP contribution >= 0.6 is 186 Å². The smallest absolute Gasteiger partial charge is 0.239 e. The summed E-state index contributed by atoms with van der Waals surface area (Å²) in [4.78, 5) is 116. The lowest BCUT2D eigenvalue weighted by molar-refractivity contribution is -0.114. The van der Waals surface area contributed by atoms with Gasteiger partial charge >= 0.3 is 0 Å². The van der Waals surface area contributed by atoms with Crippen LogP contribution in [-0.4, -0.2) is 240 Å². The zero-order chi connectivity index (χ0) is 100. The van der Waals surface area contributed by atoms with Gasteiger partial charge in [0.05, 0.1) is 74.2 Å². The zero-order valence-corrected chi connectivity index (χ0v) is 90.9. The quantitative estimate of drug-likeness (QED) is 0.00488. The van der Waals surface area contributed by atoms with E-state index in [4.69, 9.17) is 138 Å². The molecule has 0 unspecified atom stereocenters. The van der Waals surface area contributed by atoms with E-state index in [1.54, 1.807) is 89.3 Å². The molecule has 29 nitrogen and oxygen atoms in total. The summed E-state index contributed by atoms with van der Waals surface area (Å²) in [6.45, 7) is 26.7. The van der Waals surface area contributed by atoms with Crippen molar-refractivity contribution < 1.29 is 39.3 Å². The SMILES string of the molecule is CCO.CNC(=S)N=CN(C)C.CNc1ncc(C(=O)Cc2c(C)cccc2Cl)s1.Cc1cccc(Cl)c1CC(=O)c1cnc(N)s1.Cc1cccc(Cl)c1NC(=O)CCl.Cc1nc(Cl)cc(Cc2nc(C(=O)Cc3c(C)cccc3Cl)cs2)n1.Cc1nc(Cl)cc(Cl)n1.Cc1nc(Nc2ncc(C(=O)Cc3c(C)cccc3Cl)s2)cc(N2CCN(CCO)CC2)n1.I.OCCN1CCNCC1. The normalized spacial score (nSPS) is 11.9. The van der Waals surface area contributed by atoms with Gasteiger partial charge in [-0.2, -0.15) is 0 Å². The molecule has 2 aliphatic heterocycles. The Kier molecular flexibility index (Phi) is 55.2. The molecule has 12 aromatic rings. The molecule has 0 aliphatic carbocycles. The predicted molar refractivity (Wildman–Crippen MR) is 580 cm³/mol. The molecule has 2 fully saturated rings. The number of nitrogens with one attached hydrogen (secondary N) is 5. The summed E-state index contributed by atoms with van der Waals surface area (Å²) in [5.41, 5.74) is 15.8. The Hall–Kier alpha value is -8.33. The molecule has 9 heterocycles. The zero-order valence-electron chi connectivity index (χ0n) is 77.7. The number of nitrogens with two attached hydrogens (primary N) is 1. The number of Topliss-reactive ketones (excluding diaryl/α,β-unsaturated/α-hetero) is 4. The lowest BCUT2D eigenvalue weighted by Gasteiger charge is -2.35. The number of thiocarbonyl (C=S) groups is 1. The van der Waals surface area contributed by atoms with Gasteiger partial charge in [-0.05, 0) is 161 Å². The fourth-order valence-electron chi connectivity index (χ4n) is 12.3. The van der Waals surface area contributed by atoms with Crippen LogP contribution in [0.1, 0.15) is 125 Å². The number of ketones is 4. The summed E-state index contributed by atoms with van der Waals surface area (Å²) in [6.07, 6.45) is 7.96. The molecular weight excluding hydrogens is 2150 g/mol. The van der Waals surface area contributed by atoms with Gasteiger partial charge in [0.2, 0.25) is 5.91 Å². The Balaban J connectivity index is 0.000000287. The van der Waals surface area contributed by atoms with E-state index >= 15 is 0 Å². The van der Waals surface area contributed by atoms with Crippen molar-refractivity contribution in [2.45, 2.75) is 94.4 Å². The summed E-state index contributed by atoms with van der Waals surface area (Å²) < 4.78 is 0. The first-order chi connectivity index (χ1) is 64.9. The van der Waals surface area contributed by atoms with Gasteiger partial charge in [0.25, 0.3) is 0 Å². The van der Waals surface area contributed by atoms with Gasteiger partial charge in [-0.1, -0.05) is 187 Å². The Morgan fingerprint density at radius 2 is 0.964 bits per heavy atom. The van der Waals surface area contributed by atoms with E-state index in [1.807, 2.05) is 133 Å². The van der Waals surface area contributed by atoms with Gasteiger partial charge in [0.1, 0.15) is 56.1 Å². The number of piperazine rings is 2. The first-order valence-corrected chi connectivity index (χ1v) is 49.6. The molecule has 736 valence electrons. The minimum absolute atomic E-state index is 0. The number of nitrogens with zero attached hydrogens (tertiary/aromatic N) is 15. The second kappa shape index (κ2) is 63.5. The number of alkyl halides is 1. The summed E-state index contributed by atoms with van der Waals surface area (Å²) in [5, 5.41) is 49.0. The molecule has 0 radical (unpaired) electrons. The van der Waals surface area contributed by atoms with Gasteiger partial charge in [-0.15, -0.1) is 46.9 Å². The van der Waals surface area contributed by atoms with Gasteiger partial charge < -0.3 is 57.4 Å². The highest BCUT2D eigenvalue weighted by Gasteiger charge is 2.23. The van der Waals surface area contributed by atoms with Crippen LogP contribution in [0.25, 0.3) is 0 Å². The lowest BCUT2D eigenvalue weighted by atomic mass is 10.0. The number of aliphatic imine (C=N–C) groups is 1. The van der Waals surface area contributed by atoms with E-state index in [1.165, 1.54) is 57.6 Å². The predicted octanol–water partition coefficient (Wildman–Crippen LogP) is 19.5. The van der Waals surface area contributed by atoms with Crippen molar-refractivity contribution >= 4 is 259 Å². The average molecular weight is 2260 g/mol. The number of hydrogen-bond acceptors (Lipinski definition) is 30. The van der Waals surface area contributed by atoms with Crippen LogP contribution in [0.15, 0.2) is 138 Å². The largest absolute Gasteiger partial charge is 0.397 e. The van der Waals surface area contributed by atoms with Gasteiger partial charge in [-0.25, -0.2) is 54.8 Å². The molecule has 1 amide bonds. The maximum atomic E-state index is 12.8. The number of benzene rings is 5. The number of aromatic nitrogens is 10. The molecule has 137 heavy (non-hydrogen) atoms. The Morgan fingerprint density at radius 1 is 0.540 bits per heavy atom. The Morgan fingerprint density at radius 3 is 1.38 bits per heavy atom. The second-order valence-corrected chi connectivity index (χ2v) is 37.8. The fraction of sp³-hybridized carbons (Fsp3) is 0.344. The second-order valence-electron chi connectivity index (χ2n) is 29.9. The lowest BCUT2D eigenvalue weighted by Crippen LogP contribution is -2.47. The minimum Gasteiger partial charge on any atom is -0.397 e. The first-order valence-electron chi connectivity index (χ1n) is 42.3. The topological polar surface area (TPSA) is 386 Å². The number of amides is 1. The molecule has 0 bridgehead atoms. The third-order valence-electron chi connectivity index (χ3n) is 19.2. The average Bonchev–Trinajstić information content (AvgIpc) is 1.48. The number of aliphatic hydroxyl groups is 3. The van der Waals surface area contributed by atoms with Crippen LogP contribution in [0.4, 0.5) is 32.7 Å². The number of carbonyl (C=O) groups is 5. The number of para-hydroxylation sites is 1. The number of rotatable bonds is 25. The standard InChI is InChI=1S/C23H27ClN6O2S.C18H15Cl2N3OS.C13H13ClN2OS.C12H11ClN2OS.C9H9Cl2NO.C6H14N2O.C5H4Cl2N2.C5H11N3S.C2H6O.HI/c1-15-4-3-5-18(24)17(15)12-19(32)20-14-25-23(33-20)28-21-13-22(27-16(2)26-21)30-8-6-29(7-9-30)10-11-31;1-10-4-3-5-14(19)13(10)8-16(24)15-9-25-18(23-15)7-12-6-17(20)22-11(2)21-12;1-8-4-3-5-10(14)9(8)6-11(17)12-7-16-13(15-2)18-12;1-7-3-2-4-9(13)8(7)5-10(16)11-6-15-12(14)17-11;1-6-3-2-4-7(11)9(6)12-8(13)5-10;9-6-5-8-3-1-7-2-4-8;1-3-8-4(6)2-5(7)9-3;1-6-5(9)7-4-8(2)3;1-2-3;/h3-5,13-14,31H,6-12H2,1-2H3,(H,25,26,27,28);3-6,9H,7-8H2,1-2H3;3-5,7H,6H2,1-2H3,(H,15,16);2-4,6H,5H2,1H3,(H2,14,15);2-4H,5H2,1H3,(H,12,13);7,9H,1-6H2;2H,1H3;4H,1-3H3,(H,6,9);3H,2H2,1H3;1H. The summed E-state index contributed by atoms with van der Waals surface area (Å²) in [7, 11) is 7.31. The molecular formula is C93H111Cl9IN21O8S5. The van der Waals surface area contributed by atoms with E-state index in [2.05, 4.69) is 96.1 Å². The number of β-amino-alcohol motifs (C(OH)–C–C–N with tert-alkyl or cyclic N) is 2. The fourth-order valence-corrected chi connectivity index (χ4v) is 17.5. The van der Waals surface area contributed by atoms with E-state index in [0.717, 1.165) is 131 Å². The van der Waals surface area contributed by atoms with Crippen molar-refractivity contribution in [1.82, 2.24) is 75.2 Å². The molecule has 0 saturated carbocycles. The molecule has 14 rings (SSSR count). The molecule has 0 spiro atoms. The van der Waals surface area contributed by atoms with Gasteiger partial charge in [0.15, 0.2) is 43.6 Å². The van der Waals surface area contributed by atoms with Crippen molar-refractivity contribution in [2.24, 2.45) is 4.99 Å². The van der Waals surface area contributed by atoms with Crippen molar-refractivity contribution in [3.63, 3.8) is 0 Å². The third-order valence-corrected chi connectivity index (χ3v) is 25.8. The first kappa shape index (κ1) is 119. The number of aryl methyl sites for hydroxylation is 8. The minimum atomic E-state index is -0.252. The number of carbonyl (C=O) groups excluding carboxylic acids is 5. The Labute approximate surface area is 883 Å². The van der Waals surface area contributed by atoms with Crippen LogP contribution in [-0.2, 0) is 36.9 Å². The molecule has 44 heteroatoms. The van der Waals surface area contributed by atoms with E-state index in [-0.39, 0.29) is 91.4 Å². The van der Waals surface area contributed by atoms with E-state index in [0.29, 0.717) is 131 Å². The van der Waals surface area contributed by atoms with Gasteiger partial charge in [-0.3, -0.25) is 33.8 Å². The monoisotopic (exact) mass is 2250 g/mol. The molecule has 0 atom stereocenters. The summed E-state index contributed by atoms with van der Waals surface area (Å²) in [6, 6.07) is 33.0.